The first kappa shape index (κ1) is 8.62. The van der Waals surface area contributed by atoms with Gasteiger partial charge in [-0.1, -0.05) is 6.92 Å². The second kappa shape index (κ2) is 3.28. The summed E-state index contributed by atoms with van der Waals surface area (Å²) in [4.78, 5) is 0. The molecule has 0 aromatic heterocycles. The Balaban J connectivity index is 2.73. The zero-order chi connectivity index (χ0) is 8.32. The minimum Gasteiger partial charge on any atom is -0.454 e. The van der Waals surface area contributed by atoms with E-state index in [9.17, 15) is 5.11 Å². The van der Waals surface area contributed by atoms with Gasteiger partial charge in [-0.05, 0) is 30.2 Å². The number of ether oxygens (including phenoxy) is 1. The molecule has 62 valence electrons. The SMILES string of the molecule is CCC1(O)C=COC(Cl)=CC1. The van der Waals surface area contributed by atoms with E-state index < -0.39 is 5.60 Å². The summed E-state index contributed by atoms with van der Waals surface area (Å²) in [5, 5.41) is 10.0. The summed E-state index contributed by atoms with van der Waals surface area (Å²) in [6.45, 7) is 1.91. The molecule has 0 aromatic rings. The predicted molar refractivity (Wildman–Crippen MR) is 44.0 cm³/mol. The molecule has 1 atom stereocenters. The maximum absolute atomic E-state index is 9.71. The van der Waals surface area contributed by atoms with Gasteiger partial charge in [-0.2, -0.15) is 0 Å². The van der Waals surface area contributed by atoms with Crippen molar-refractivity contribution < 1.29 is 9.84 Å². The van der Waals surface area contributed by atoms with E-state index in [4.69, 9.17) is 16.3 Å². The first-order chi connectivity index (χ1) is 5.16. The molecule has 0 aliphatic carbocycles. The first-order valence-electron chi connectivity index (χ1n) is 3.59. The van der Waals surface area contributed by atoms with Crippen LogP contribution >= 0.6 is 11.6 Å². The molecular formula is C8H11ClO2. The summed E-state index contributed by atoms with van der Waals surface area (Å²) in [7, 11) is 0. The van der Waals surface area contributed by atoms with Crippen LogP contribution < -0.4 is 0 Å². The number of halogens is 1. The lowest BCUT2D eigenvalue weighted by Crippen LogP contribution is -2.22. The molecule has 1 aliphatic heterocycles. The Morgan fingerprint density at radius 2 is 2.55 bits per heavy atom. The zero-order valence-corrected chi connectivity index (χ0v) is 7.14. The van der Waals surface area contributed by atoms with Gasteiger partial charge < -0.3 is 9.84 Å². The summed E-state index contributed by atoms with van der Waals surface area (Å²) in [6, 6.07) is 0. The molecule has 3 heteroatoms. The van der Waals surface area contributed by atoms with Crippen LogP contribution in [0, 0.1) is 0 Å². The molecular weight excluding hydrogens is 164 g/mol. The number of aliphatic hydroxyl groups is 1. The van der Waals surface area contributed by atoms with Crippen molar-refractivity contribution in [1.82, 2.24) is 0 Å². The highest BCUT2D eigenvalue weighted by Gasteiger charge is 2.21. The molecule has 0 bridgehead atoms. The Hall–Kier alpha value is -0.470. The molecule has 0 radical (unpaired) electrons. The highest BCUT2D eigenvalue weighted by atomic mass is 35.5. The van der Waals surface area contributed by atoms with Crippen molar-refractivity contribution in [2.45, 2.75) is 25.4 Å². The van der Waals surface area contributed by atoms with E-state index in [1.807, 2.05) is 6.92 Å². The smallest absolute Gasteiger partial charge is 0.188 e. The van der Waals surface area contributed by atoms with Gasteiger partial charge in [0.25, 0.3) is 0 Å². The van der Waals surface area contributed by atoms with Crippen LogP contribution in [0.1, 0.15) is 19.8 Å². The third-order valence-corrected chi connectivity index (χ3v) is 2.03. The van der Waals surface area contributed by atoms with Crippen molar-refractivity contribution in [3.63, 3.8) is 0 Å². The maximum Gasteiger partial charge on any atom is 0.188 e. The monoisotopic (exact) mass is 174 g/mol. The minimum atomic E-state index is -0.781. The molecule has 1 N–H and O–H groups in total. The van der Waals surface area contributed by atoms with Crippen LogP contribution in [0.4, 0.5) is 0 Å². The third-order valence-electron chi connectivity index (χ3n) is 1.79. The molecule has 0 saturated heterocycles. The average molecular weight is 175 g/mol. The van der Waals surface area contributed by atoms with Crippen molar-refractivity contribution in [2.24, 2.45) is 0 Å². The molecule has 1 aliphatic rings. The van der Waals surface area contributed by atoms with Gasteiger partial charge in [0.15, 0.2) is 5.22 Å². The fraction of sp³-hybridized carbons (Fsp3) is 0.500. The van der Waals surface area contributed by atoms with Crippen molar-refractivity contribution >= 4 is 11.6 Å². The molecule has 2 nitrogen and oxygen atoms in total. The second-order valence-corrected chi connectivity index (χ2v) is 2.96. The normalized spacial score (nSPS) is 30.6. The largest absolute Gasteiger partial charge is 0.454 e. The number of hydrogen-bond donors (Lipinski definition) is 1. The van der Waals surface area contributed by atoms with Gasteiger partial charge in [0, 0.05) is 6.42 Å². The summed E-state index contributed by atoms with van der Waals surface area (Å²) in [5.41, 5.74) is -0.781. The lowest BCUT2D eigenvalue weighted by atomic mass is 9.97. The van der Waals surface area contributed by atoms with Crippen LogP contribution in [0.3, 0.4) is 0 Å². The van der Waals surface area contributed by atoms with Gasteiger partial charge >= 0.3 is 0 Å². The Kier molecular flexibility index (Phi) is 2.58. The fourth-order valence-electron chi connectivity index (χ4n) is 0.861. The van der Waals surface area contributed by atoms with Crippen molar-refractivity contribution in [3.8, 4) is 0 Å². The molecule has 11 heavy (non-hydrogen) atoms. The van der Waals surface area contributed by atoms with Gasteiger partial charge in [-0.25, -0.2) is 0 Å². The second-order valence-electron chi connectivity index (χ2n) is 2.59. The summed E-state index contributed by atoms with van der Waals surface area (Å²) < 4.78 is 4.89. The van der Waals surface area contributed by atoms with Gasteiger partial charge in [-0.15, -0.1) is 0 Å². The lowest BCUT2D eigenvalue weighted by Gasteiger charge is -2.18. The van der Waals surface area contributed by atoms with E-state index >= 15 is 0 Å². The fourth-order valence-corrected chi connectivity index (χ4v) is 0.990. The number of hydrogen-bond acceptors (Lipinski definition) is 2. The average Bonchev–Trinajstić information content (AvgIpc) is 2.15. The highest BCUT2D eigenvalue weighted by Crippen LogP contribution is 2.23. The van der Waals surface area contributed by atoms with Crippen LogP contribution in [-0.2, 0) is 4.74 Å². The highest BCUT2D eigenvalue weighted by molar-refractivity contribution is 6.28. The first-order valence-corrected chi connectivity index (χ1v) is 3.96. The topological polar surface area (TPSA) is 29.5 Å². The van der Waals surface area contributed by atoms with Gasteiger partial charge in [0.05, 0.1) is 11.9 Å². The maximum atomic E-state index is 9.71. The van der Waals surface area contributed by atoms with Gasteiger partial charge in [0.2, 0.25) is 0 Å². The van der Waals surface area contributed by atoms with E-state index in [0.29, 0.717) is 18.1 Å². The van der Waals surface area contributed by atoms with E-state index in [2.05, 4.69) is 0 Å². The summed E-state index contributed by atoms with van der Waals surface area (Å²) >= 11 is 5.58. The Morgan fingerprint density at radius 1 is 1.82 bits per heavy atom. The summed E-state index contributed by atoms with van der Waals surface area (Å²) in [6.07, 6.45) is 5.89. The van der Waals surface area contributed by atoms with E-state index in [0.717, 1.165) is 0 Å². The molecule has 0 saturated carbocycles. The molecule has 1 heterocycles. The van der Waals surface area contributed by atoms with E-state index in [-0.39, 0.29) is 0 Å². The molecule has 1 unspecified atom stereocenters. The van der Waals surface area contributed by atoms with Crippen LogP contribution in [0.25, 0.3) is 0 Å². The number of rotatable bonds is 1. The van der Waals surface area contributed by atoms with Crippen LogP contribution in [0.2, 0.25) is 0 Å². The third kappa shape index (κ3) is 2.24. The molecule has 1 rings (SSSR count). The van der Waals surface area contributed by atoms with Crippen molar-refractivity contribution in [3.05, 3.63) is 23.6 Å². The van der Waals surface area contributed by atoms with Crippen molar-refractivity contribution in [2.75, 3.05) is 0 Å². The van der Waals surface area contributed by atoms with E-state index in [1.165, 1.54) is 6.26 Å². The van der Waals surface area contributed by atoms with E-state index in [1.54, 1.807) is 12.2 Å². The van der Waals surface area contributed by atoms with Crippen LogP contribution in [0.15, 0.2) is 23.6 Å². The van der Waals surface area contributed by atoms with Gasteiger partial charge in [0.1, 0.15) is 0 Å². The predicted octanol–water partition coefficient (Wildman–Crippen LogP) is 2.14. The minimum absolute atomic E-state index is 0.325. The molecule has 0 fully saturated rings. The molecule has 0 amide bonds. The molecule has 0 spiro atoms. The van der Waals surface area contributed by atoms with Crippen molar-refractivity contribution in [1.29, 1.82) is 0 Å². The van der Waals surface area contributed by atoms with Gasteiger partial charge in [-0.3, -0.25) is 0 Å². The van der Waals surface area contributed by atoms with Crippen LogP contribution in [-0.4, -0.2) is 10.7 Å². The molecule has 0 aromatic carbocycles. The Morgan fingerprint density at radius 3 is 3.18 bits per heavy atom. The quantitative estimate of drug-likeness (QED) is 0.660. The lowest BCUT2D eigenvalue weighted by molar-refractivity contribution is 0.0898. The standard InChI is InChI=1S/C8H11ClO2/c1-2-8(10)4-3-7(9)11-6-5-8/h3,5-6,10H,2,4H2,1H3. The van der Waals surface area contributed by atoms with Crippen LogP contribution in [0.5, 0.6) is 0 Å². The summed E-state index contributed by atoms with van der Waals surface area (Å²) in [5.74, 6) is 0. The Labute approximate surface area is 71.1 Å². The Bertz CT molecular complexity index is 198. The zero-order valence-electron chi connectivity index (χ0n) is 6.38.